The molecule has 0 aliphatic heterocycles. The van der Waals surface area contributed by atoms with E-state index >= 15 is 0 Å². The zero-order valence-electron chi connectivity index (χ0n) is 5.01. The van der Waals surface area contributed by atoms with E-state index in [1.807, 2.05) is 0 Å². The van der Waals surface area contributed by atoms with Crippen molar-refractivity contribution in [2.75, 3.05) is 14.1 Å². The Kier molecular flexibility index (Phi) is 2.91. The lowest BCUT2D eigenvalue weighted by Gasteiger charge is -2.12. The number of nitrogens with zero attached hydrogens (tertiary/aromatic N) is 1. The second kappa shape index (κ2) is 2.96. The summed E-state index contributed by atoms with van der Waals surface area (Å²) in [5, 5.41) is 1.57. The minimum Gasteiger partial charge on any atom is -0.305 e. The number of nitrogens with two attached hydrogens (primary N) is 1. The first-order valence-corrected chi connectivity index (χ1v) is 2.22. The van der Waals surface area contributed by atoms with Crippen LogP contribution in [0.4, 0.5) is 0 Å². The van der Waals surface area contributed by atoms with E-state index in [9.17, 15) is 0 Å². The fourth-order valence-corrected chi connectivity index (χ4v) is 0.333. The minimum absolute atomic E-state index is 0.199. The molecule has 0 aliphatic carbocycles. The highest BCUT2D eigenvalue weighted by molar-refractivity contribution is 4.25. The number of hydrogen-bond donors (Lipinski definition) is 1. The van der Waals surface area contributed by atoms with Crippen LogP contribution in [0.15, 0.2) is 0 Å². The molecule has 3 heteroatoms. The van der Waals surface area contributed by atoms with E-state index in [2.05, 4.69) is 0 Å². The number of rotatable bonds is 2. The Morgan fingerprint density at radius 1 is 1.57 bits per heavy atom. The third kappa shape index (κ3) is 5.88. The minimum atomic E-state index is -0.199. The maximum atomic E-state index is 5.23. The van der Waals surface area contributed by atoms with E-state index in [0.29, 0.717) is 0 Å². The first-order valence-electron chi connectivity index (χ1n) is 2.22. The van der Waals surface area contributed by atoms with Crippen molar-refractivity contribution in [3.05, 3.63) is 0 Å². The Bertz CT molecular complexity index is 39.0. The van der Waals surface area contributed by atoms with Crippen LogP contribution in [0.2, 0.25) is 0 Å². The highest BCUT2D eigenvalue weighted by Gasteiger charge is 1.91. The molecule has 0 radical (unpaired) electrons. The second-order valence-electron chi connectivity index (χ2n) is 1.62. The molecule has 0 amide bonds. The lowest BCUT2D eigenvalue weighted by atomic mass is 10.7. The molecule has 3 nitrogen and oxygen atoms in total. The smallest absolute Gasteiger partial charge is 0.124 e. The molecule has 7 heavy (non-hydrogen) atoms. The van der Waals surface area contributed by atoms with E-state index < -0.39 is 0 Å². The molecule has 0 spiro atoms. The van der Waals surface area contributed by atoms with E-state index in [0.717, 1.165) is 0 Å². The lowest BCUT2D eigenvalue weighted by Crippen LogP contribution is -2.27. The Morgan fingerprint density at radius 3 is 2.00 bits per heavy atom. The van der Waals surface area contributed by atoms with Gasteiger partial charge in [-0.25, -0.2) is 0 Å². The summed E-state index contributed by atoms with van der Waals surface area (Å²) >= 11 is 0. The van der Waals surface area contributed by atoms with Crippen LogP contribution in [0.25, 0.3) is 0 Å². The summed E-state index contributed by atoms with van der Waals surface area (Å²) in [5.74, 6) is 0. The molecule has 0 aromatic heterocycles. The van der Waals surface area contributed by atoms with E-state index in [-0.39, 0.29) is 6.23 Å². The summed E-state index contributed by atoms with van der Waals surface area (Å²) in [5.41, 5.74) is 5.23. The van der Waals surface area contributed by atoms with Gasteiger partial charge in [-0.15, -0.1) is 0 Å². The molecule has 0 rings (SSSR count). The van der Waals surface area contributed by atoms with E-state index in [1.54, 1.807) is 26.1 Å². The van der Waals surface area contributed by atoms with E-state index in [4.69, 9.17) is 10.6 Å². The predicted molar refractivity (Wildman–Crippen MR) is 28.4 cm³/mol. The van der Waals surface area contributed by atoms with Crippen molar-refractivity contribution in [1.82, 2.24) is 5.06 Å². The largest absolute Gasteiger partial charge is 0.305 e. The molecule has 0 saturated carbocycles. The standard InChI is InChI=1S/C4H12N2O/c1-4(5)7-6(2)3/h4H,5H2,1-3H3. The summed E-state index contributed by atoms with van der Waals surface area (Å²) in [6, 6.07) is 0. The molecule has 0 saturated heterocycles. The van der Waals surface area contributed by atoms with Crippen molar-refractivity contribution in [3.63, 3.8) is 0 Å². The van der Waals surface area contributed by atoms with Gasteiger partial charge in [-0.3, -0.25) is 4.84 Å². The highest BCUT2D eigenvalue weighted by Crippen LogP contribution is 1.80. The molecule has 0 bridgehead atoms. The van der Waals surface area contributed by atoms with Gasteiger partial charge in [-0.1, -0.05) is 0 Å². The zero-order chi connectivity index (χ0) is 5.86. The topological polar surface area (TPSA) is 38.5 Å². The molecule has 0 heterocycles. The van der Waals surface area contributed by atoms with Crippen molar-refractivity contribution in [2.45, 2.75) is 13.2 Å². The molecule has 44 valence electrons. The van der Waals surface area contributed by atoms with Crippen LogP contribution < -0.4 is 5.73 Å². The molecule has 0 aliphatic rings. The Morgan fingerprint density at radius 2 is 2.00 bits per heavy atom. The van der Waals surface area contributed by atoms with E-state index in [1.165, 1.54) is 0 Å². The van der Waals surface area contributed by atoms with Crippen LogP contribution in [-0.4, -0.2) is 25.4 Å². The predicted octanol–water partition coefficient (Wildman–Crippen LogP) is -0.216. The van der Waals surface area contributed by atoms with Crippen LogP contribution in [0.5, 0.6) is 0 Å². The van der Waals surface area contributed by atoms with Crippen LogP contribution in [0, 0.1) is 0 Å². The summed E-state index contributed by atoms with van der Waals surface area (Å²) in [6.45, 7) is 1.78. The Hall–Kier alpha value is -0.120. The fraction of sp³-hybridized carbons (Fsp3) is 1.00. The molecular weight excluding hydrogens is 92.1 g/mol. The van der Waals surface area contributed by atoms with Gasteiger partial charge >= 0.3 is 0 Å². The van der Waals surface area contributed by atoms with Gasteiger partial charge in [0.25, 0.3) is 0 Å². The maximum Gasteiger partial charge on any atom is 0.124 e. The van der Waals surface area contributed by atoms with Gasteiger partial charge in [-0.2, -0.15) is 5.06 Å². The molecule has 2 N–H and O–H groups in total. The first-order chi connectivity index (χ1) is 3.13. The Balaban J connectivity index is 2.95. The monoisotopic (exact) mass is 104 g/mol. The molecule has 1 unspecified atom stereocenters. The van der Waals surface area contributed by atoms with Crippen molar-refractivity contribution in [3.8, 4) is 0 Å². The summed E-state index contributed by atoms with van der Waals surface area (Å²) < 4.78 is 0. The molecule has 0 aromatic carbocycles. The summed E-state index contributed by atoms with van der Waals surface area (Å²) in [4.78, 5) is 4.86. The zero-order valence-corrected chi connectivity index (χ0v) is 5.01. The molecule has 0 aromatic rings. The first kappa shape index (κ1) is 6.88. The van der Waals surface area contributed by atoms with Crippen LogP contribution in [-0.2, 0) is 4.84 Å². The van der Waals surface area contributed by atoms with Gasteiger partial charge in [0.2, 0.25) is 0 Å². The quantitative estimate of drug-likeness (QED) is 0.389. The lowest BCUT2D eigenvalue weighted by molar-refractivity contribution is -0.155. The molecule has 1 atom stereocenters. The number of hydroxylamine groups is 2. The SMILES string of the molecule is CC(N)ON(C)C. The third-order valence-electron chi connectivity index (χ3n) is 0.377. The average Bonchev–Trinajstić information content (AvgIpc) is 1.27. The van der Waals surface area contributed by atoms with Crippen LogP contribution >= 0.6 is 0 Å². The van der Waals surface area contributed by atoms with Gasteiger partial charge in [-0.05, 0) is 6.92 Å². The van der Waals surface area contributed by atoms with Gasteiger partial charge in [0.15, 0.2) is 0 Å². The normalized spacial score (nSPS) is 15.0. The van der Waals surface area contributed by atoms with Gasteiger partial charge in [0.05, 0.1) is 0 Å². The average molecular weight is 104 g/mol. The fourth-order valence-electron chi connectivity index (χ4n) is 0.333. The van der Waals surface area contributed by atoms with Gasteiger partial charge < -0.3 is 5.73 Å². The van der Waals surface area contributed by atoms with Crippen molar-refractivity contribution in [2.24, 2.45) is 5.73 Å². The Labute approximate surface area is 44.0 Å². The van der Waals surface area contributed by atoms with Crippen molar-refractivity contribution >= 4 is 0 Å². The highest BCUT2D eigenvalue weighted by atomic mass is 16.7. The maximum absolute atomic E-state index is 5.23. The van der Waals surface area contributed by atoms with Crippen molar-refractivity contribution in [1.29, 1.82) is 0 Å². The second-order valence-corrected chi connectivity index (χ2v) is 1.62. The van der Waals surface area contributed by atoms with Gasteiger partial charge in [0.1, 0.15) is 6.23 Å². The van der Waals surface area contributed by atoms with Gasteiger partial charge in [0, 0.05) is 14.1 Å². The summed E-state index contributed by atoms with van der Waals surface area (Å²) in [7, 11) is 3.59. The number of hydrogen-bond acceptors (Lipinski definition) is 3. The van der Waals surface area contributed by atoms with Crippen molar-refractivity contribution < 1.29 is 4.84 Å². The van der Waals surface area contributed by atoms with Crippen LogP contribution in [0.1, 0.15) is 6.92 Å². The summed E-state index contributed by atoms with van der Waals surface area (Å²) in [6.07, 6.45) is -0.199. The molecule has 0 fully saturated rings. The van der Waals surface area contributed by atoms with Crippen LogP contribution in [0.3, 0.4) is 0 Å². The third-order valence-corrected chi connectivity index (χ3v) is 0.377. The molecular formula is C4H12N2O.